The molecule has 1 saturated heterocycles. The van der Waals surface area contributed by atoms with Crippen molar-refractivity contribution < 1.29 is 9.59 Å². The van der Waals surface area contributed by atoms with Gasteiger partial charge in [-0.3, -0.25) is 14.6 Å². The molecule has 1 heterocycles. The Balaban J connectivity index is 1.56. The molecule has 4 rings (SSSR count). The first kappa shape index (κ1) is 31.3. The van der Waals surface area contributed by atoms with Gasteiger partial charge in [-0.1, -0.05) is 66.2 Å². The second kappa shape index (κ2) is 14.0. The molecule has 3 aromatic carbocycles. The van der Waals surface area contributed by atoms with Gasteiger partial charge >= 0.3 is 0 Å². The van der Waals surface area contributed by atoms with Gasteiger partial charge in [-0.2, -0.15) is 0 Å². The van der Waals surface area contributed by atoms with Crippen LogP contribution in [0.4, 0.5) is 0 Å². The first-order valence-corrected chi connectivity index (χ1v) is 14.8. The van der Waals surface area contributed by atoms with E-state index in [-0.39, 0.29) is 42.2 Å². The molecule has 0 bridgehead atoms. The minimum Gasteiger partial charge on any atom is -0.370 e. The second-order valence-corrected chi connectivity index (χ2v) is 11.6. The van der Waals surface area contributed by atoms with E-state index in [0.29, 0.717) is 38.9 Å². The zero-order valence-corrected chi connectivity index (χ0v) is 25.4. The second-order valence-electron chi connectivity index (χ2n) is 11.6. The molecule has 3 atom stereocenters. The maximum absolute atomic E-state index is 14.1. The smallest absolute Gasteiger partial charge is 0.248 e. The molecule has 0 radical (unpaired) electrons. The van der Waals surface area contributed by atoms with Gasteiger partial charge < -0.3 is 32.7 Å². The molecule has 0 aliphatic carbocycles. The maximum Gasteiger partial charge on any atom is 0.248 e. The summed E-state index contributed by atoms with van der Waals surface area (Å²) in [6.07, 6.45) is 1.93. The summed E-state index contributed by atoms with van der Waals surface area (Å²) in [4.78, 5) is 40.0. The van der Waals surface area contributed by atoms with Crippen LogP contribution in [-0.4, -0.2) is 71.3 Å². The normalized spacial score (nSPS) is 17.4. The summed E-state index contributed by atoms with van der Waals surface area (Å²) in [6.45, 7) is 7.24. The summed E-state index contributed by atoms with van der Waals surface area (Å²) in [5.74, 6) is -0.239. The van der Waals surface area contributed by atoms with Crippen LogP contribution in [0.5, 0.6) is 0 Å². The predicted octanol–water partition coefficient (Wildman–Crippen LogP) is 2.37. The Bertz CT molecular complexity index is 1510. The van der Waals surface area contributed by atoms with Crippen molar-refractivity contribution in [1.29, 1.82) is 0 Å². The van der Waals surface area contributed by atoms with Crippen LogP contribution < -0.4 is 22.9 Å². The Morgan fingerprint density at radius 3 is 2.35 bits per heavy atom. The van der Waals surface area contributed by atoms with E-state index in [9.17, 15) is 9.59 Å². The van der Waals surface area contributed by atoms with Gasteiger partial charge in [0.05, 0.1) is 6.42 Å². The van der Waals surface area contributed by atoms with E-state index in [1.807, 2.05) is 73.0 Å². The lowest BCUT2D eigenvalue weighted by Crippen LogP contribution is -2.62. The summed E-state index contributed by atoms with van der Waals surface area (Å²) in [7, 11) is 0. The number of nitrogens with two attached hydrogens (primary N) is 4. The van der Waals surface area contributed by atoms with Gasteiger partial charge in [0.1, 0.15) is 6.04 Å². The fraction of sp³-hybridized carbons (Fsp3) is 0.394. The number of piperazine rings is 1. The number of benzene rings is 3. The quantitative estimate of drug-likeness (QED) is 0.162. The number of carbonyl (C=O) groups excluding carboxylic acids is 2. The van der Waals surface area contributed by atoms with Crippen molar-refractivity contribution in [2.75, 3.05) is 19.6 Å². The molecule has 0 unspecified atom stereocenters. The summed E-state index contributed by atoms with van der Waals surface area (Å²) in [5.41, 5.74) is 26.8. The van der Waals surface area contributed by atoms with Crippen LogP contribution in [0, 0.1) is 13.8 Å². The number of carbonyl (C=O) groups is 2. The lowest BCUT2D eigenvalue weighted by molar-refractivity contribution is -0.147. The lowest BCUT2D eigenvalue weighted by atomic mass is 9.96. The van der Waals surface area contributed by atoms with E-state index in [4.69, 9.17) is 22.9 Å². The molecule has 3 aromatic rings. The zero-order chi connectivity index (χ0) is 31.1. The predicted molar refractivity (Wildman–Crippen MR) is 173 cm³/mol. The van der Waals surface area contributed by atoms with Crippen molar-refractivity contribution in [2.45, 2.75) is 64.6 Å². The fourth-order valence-corrected chi connectivity index (χ4v) is 5.91. The zero-order valence-electron chi connectivity index (χ0n) is 25.4. The third-order valence-corrected chi connectivity index (χ3v) is 8.11. The highest BCUT2D eigenvalue weighted by atomic mass is 16.2. The summed E-state index contributed by atoms with van der Waals surface area (Å²) in [5, 5.41) is 2.24. The van der Waals surface area contributed by atoms with Gasteiger partial charge in [0, 0.05) is 38.1 Å². The first-order chi connectivity index (χ1) is 20.5. The largest absolute Gasteiger partial charge is 0.370 e. The third kappa shape index (κ3) is 8.24. The van der Waals surface area contributed by atoms with Crippen LogP contribution in [0.25, 0.3) is 10.8 Å². The molecule has 1 fully saturated rings. The lowest BCUT2D eigenvalue weighted by Gasteiger charge is -2.46. The molecule has 0 aromatic heterocycles. The van der Waals surface area contributed by atoms with E-state index in [0.717, 1.165) is 33.0 Å². The van der Waals surface area contributed by atoms with Gasteiger partial charge in [-0.05, 0) is 61.1 Å². The highest BCUT2D eigenvalue weighted by Crippen LogP contribution is 2.24. The molecule has 10 nitrogen and oxygen atoms in total. The summed E-state index contributed by atoms with van der Waals surface area (Å²) >= 11 is 0. The molecule has 10 heteroatoms. The number of amides is 2. The highest BCUT2D eigenvalue weighted by molar-refractivity contribution is 5.88. The van der Waals surface area contributed by atoms with Crippen molar-refractivity contribution in [2.24, 2.45) is 32.9 Å². The van der Waals surface area contributed by atoms with Crippen LogP contribution in [0.2, 0.25) is 0 Å². The Labute approximate surface area is 253 Å². The Morgan fingerprint density at radius 1 is 0.907 bits per heavy atom. The van der Waals surface area contributed by atoms with Gasteiger partial charge in [0.2, 0.25) is 11.8 Å². The molecule has 228 valence electrons. The maximum atomic E-state index is 14.1. The number of hydrogen-bond donors (Lipinski definition) is 4. The Morgan fingerprint density at radius 2 is 1.65 bits per heavy atom. The molecule has 8 N–H and O–H groups in total. The molecule has 1 aliphatic heterocycles. The Kier molecular flexibility index (Phi) is 10.2. The molecular formula is C33H44N8O2. The van der Waals surface area contributed by atoms with E-state index in [1.54, 1.807) is 0 Å². The van der Waals surface area contributed by atoms with Crippen molar-refractivity contribution in [1.82, 2.24) is 9.80 Å². The monoisotopic (exact) mass is 584 g/mol. The van der Waals surface area contributed by atoms with Crippen molar-refractivity contribution >= 4 is 34.5 Å². The molecule has 43 heavy (non-hydrogen) atoms. The van der Waals surface area contributed by atoms with Crippen molar-refractivity contribution in [3.05, 3.63) is 82.9 Å². The summed E-state index contributed by atoms with van der Waals surface area (Å²) in [6, 6.07) is 19.1. The minimum atomic E-state index is -0.779. The van der Waals surface area contributed by atoms with Gasteiger partial charge in [-0.15, -0.1) is 0 Å². The van der Waals surface area contributed by atoms with Crippen LogP contribution in [0.1, 0.15) is 42.0 Å². The number of nitrogens with zero attached hydrogens (tertiary/aromatic N) is 4. The standard InChI is InChI=1S/C33H44N8O2/c1-21-10-12-26(22(2)15-21)18-29(39-33(36)37)31(43)41-19-23(3)40(20-28(41)9-6-14-38-32(34)35)30(42)17-24-11-13-25-7-4-5-8-27(25)16-24/h4-5,7-8,10-13,15-16,23,28-29H,6,9,14,17-20H2,1-3H3,(H4,34,35,38)(H4,36,37,39)/t23-,28+,29-/m1/s1. The number of fused-ring (bicyclic) bond motifs is 1. The Hall–Kier alpha value is -4.60. The van der Waals surface area contributed by atoms with E-state index in [2.05, 4.69) is 28.2 Å². The first-order valence-electron chi connectivity index (χ1n) is 14.8. The van der Waals surface area contributed by atoms with E-state index in [1.165, 1.54) is 0 Å². The molecule has 2 amide bonds. The van der Waals surface area contributed by atoms with E-state index >= 15 is 0 Å². The highest BCUT2D eigenvalue weighted by Gasteiger charge is 2.38. The minimum absolute atomic E-state index is 0.0266. The fourth-order valence-electron chi connectivity index (χ4n) is 5.91. The third-order valence-electron chi connectivity index (χ3n) is 8.11. The molecular weight excluding hydrogens is 540 g/mol. The van der Waals surface area contributed by atoms with Crippen LogP contribution in [-0.2, 0) is 22.4 Å². The summed E-state index contributed by atoms with van der Waals surface area (Å²) < 4.78 is 0. The number of guanidine groups is 2. The van der Waals surface area contributed by atoms with Crippen molar-refractivity contribution in [3.63, 3.8) is 0 Å². The number of hydrogen-bond acceptors (Lipinski definition) is 4. The molecule has 1 aliphatic rings. The van der Waals surface area contributed by atoms with Gasteiger partial charge in [0.15, 0.2) is 11.9 Å². The topological polar surface area (TPSA) is 169 Å². The van der Waals surface area contributed by atoms with Gasteiger partial charge in [0.25, 0.3) is 0 Å². The molecule has 0 saturated carbocycles. The van der Waals surface area contributed by atoms with Gasteiger partial charge in [-0.25, -0.2) is 4.99 Å². The van der Waals surface area contributed by atoms with Crippen LogP contribution in [0.15, 0.2) is 70.6 Å². The van der Waals surface area contributed by atoms with Crippen LogP contribution >= 0.6 is 0 Å². The SMILES string of the molecule is Cc1ccc(C[C@@H](N=C(N)N)C(=O)N2C[C@@H](C)N(C(=O)Cc3ccc4ccccc4c3)C[C@@H]2CCCN=C(N)N)c(C)c1. The van der Waals surface area contributed by atoms with Crippen LogP contribution in [0.3, 0.4) is 0 Å². The van der Waals surface area contributed by atoms with E-state index < -0.39 is 6.04 Å². The average molecular weight is 585 g/mol. The number of aliphatic imine (C=N–C) groups is 2. The molecule has 0 spiro atoms. The van der Waals surface area contributed by atoms with Crippen molar-refractivity contribution in [3.8, 4) is 0 Å². The number of rotatable bonds is 10. The average Bonchev–Trinajstić information content (AvgIpc) is 2.95. The number of aryl methyl sites for hydroxylation is 2.